The Bertz CT molecular complexity index is 1160. The summed E-state index contributed by atoms with van der Waals surface area (Å²) in [6.07, 6.45) is 8.46. The molecule has 1 fully saturated rings. The van der Waals surface area contributed by atoms with E-state index < -0.39 is 5.97 Å². The molecule has 0 saturated heterocycles. The zero-order chi connectivity index (χ0) is 24.1. The second-order valence-electron chi connectivity index (χ2n) is 8.72. The smallest absolute Gasteiger partial charge is 0.356 e. The van der Waals surface area contributed by atoms with Crippen LogP contribution in [0.15, 0.2) is 36.5 Å². The van der Waals surface area contributed by atoms with Crippen molar-refractivity contribution in [2.75, 3.05) is 24.9 Å². The molecule has 0 spiro atoms. The molecule has 0 atom stereocenters. The Morgan fingerprint density at radius 2 is 1.85 bits per heavy atom. The van der Waals surface area contributed by atoms with Crippen LogP contribution in [0.2, 0.25) is 0 Å². The van der Waals surface area contributed by atoms with E-state index in [1.165, 1.54) is 33.3 Å². The molecule has 1 aromatic carbocycles. The minimum Gasteiger partial charge on any atom is -0.497 e. The Morgan fingerprint density at radius 1 is 1.12 bits per heavy atom. The number of amides is 1. The number of rotatable bonds is 8. The van der Waals surface area contributed by atoms with Gasteiger partial charge in [-0.05, 0) is 43.0 Å². The van der Waals surface area contributed by atoms with Crippen LogP contribution in [-0.4, -0.2) is 41.7 Å². The summed E-state index contributed by atoms with van der Waals surface area (Å²) in [6, 6.07) is 10.2. The van der Waals surface area contributed by atoms with E-state index in [0.29, 0.717) is 41.4 Å². The molecule has 0 bridgehead atoms. The number of fused-ring (bicyclic) bond motifs is 1. The van der Waals surface area contributed by atoms with Crippen molar-refractivity contribution < 1.29 is 19.1 Å². The van der Waals surface area contributed by atoms with Gasteiger partial charge in [-0.15, -0.1) is 0 Å². The lowest BCUT2D eigenvalue weighted by atomic mass is 9.95. The molecule has 180 valence electrons. The molecule has 4 rings (SSSR count). The average molecular weight is 465 g/mol. The van der Waals surface area contributed by atoms with Gasteiger partial charge in [0.15, 0.2) is 5.69 Å². The van der Waals surface area contributed by atoms with Crippen molar-refractivity contribution in [1.82, 2.24) is 9.55 Å². The van der Waals surface area contributed by atoms with Gasteiger partial charge >= 0.3 is 5.97 Å². The topological polar surface area (TPSA) is 94.5 Å². The van der Waals surface area contributed by atoms with Crippen LogP contribution in [-0.2, 0) is 22.5 Å². The number of anilines is 2. The molecular weight excluding hydrogens is 432 g/mol. The number of benzene rings is 1. The Balaban J connectivity index is 1.73. The Kier molecular flexibility index (Phi) is 7.35. The quantitative estimate of drug-likeness (QED) is 0.466. The summed E-state index contributed by atoms with van der Waals surface area (Å²) in [6.45, 7) is 1.92. The number of esters is 1. The average Bonchev–Trinajstić information content (AvgIpc) is 3.15. The minimum atomic E-state index is -0.515. The van der Waals surface area contributed by atoms with Crippen LogP contribution in [0.5, 0.6) is 5.75 Å². The summed E-state index contributed by atoms with van der Waals surface area (Å²) >= 11 is 0. The fraction of sp³-hybridized carbons (Fsp3) is 0.423. The summed E-state index contributed by atoms with van der Waals surface area (Å²) in [7, 11) is 2.98. The molecule has 2 aromatic heterocycles. The maximum atomic E-state index is 12.8. The predicted octanol–water partition coefficient (Wildman–Crippen LogP) is 4.78. The van der Waals surface area contributed by atoms with Gasteiger partial charge in [0.25, 0.3) is 0 Å². The molecule has 3 aromatic rings. The van der Waals surface area contributed by atoms with Crippen LogP contribution in [0.3, 0.4) is 0 Å². The number of aromatic nitrogens is 2. The van der Waals surface area contributed by atoms with Crippen LogP contribution in [0.25, 0.3) is 11.0 Å². The van der Waals surface area contributed by atoms with E-state index in [1.807, 2.05) is 34.9 Å². The number of ether oxygens (including phenoxy) is 2. The van der Waals surface area contributed by atoms with E-state index in [-0.39, 0.29) is 5.91 Å². The lowest BCUT2D eigenvalue weighted by molar-refractivity contribution is -0.114. The van der Waals surface area contributed by atoms with Crippen LogP contribution in [0.1, 0.15) is 55.1 Å². The molecule has 2 heterocycles. The predicted molar refractivity (Wildman–Crippen MR) is 133 cm³/mol. The van der Waals surface area contributed by atoms with Crippen molar-refractivity contribution in [2.24, 2.45) is 0 Å². The lowest BCUT2D eigenvalue weighted by Crippen LogP contribution is -2.22. The molecule has 1 saturated carbocycles. The molecule has 0 aliphatic heterocycles. The van der Waals surface area contributed by atoms with E-state index in [1.54, 1.807) is 13.3 Å². The van der Waals surface area contributed by atoms with Gasteiger partial charge in [-0.1, -0.05) is 31.4 Å². The van der Waals surface area contributed by atoms with Crippen LogP contribution >= 0.6 is 0 Å². The molecule has 34 heavy (non-hydrogen) atoms. The zero-order valence-electron chi connectivity index (χ0n) is 20.0. The van der Waals surface area contributed by atoms with Crippen molar-refractivity contribution in [3.8, 4) is 5.75 Å². The number of pyridine rings is 1. The van der Waals surface area contributed by atoms with Crippen LogP contribution in [0, 0.1) is 0 Å². The molecule has 8 heteroatoms. The van der Waals surface area contributed by atoms with Gasteiger partial charge in [0.1, 0.15) is 11.4 Å². The number of hydrogen-bond acceptors (Lipinski definition) is 6. The van der Waals surface area contributed by atoms with E-state index in [0.717, 1.165) is 29.8 Å². The van der Waals surface area contributed by atoms with Gasteiger partial charge in [0.05, 0.1) is 31.8 Å². The number of hydrogen-bond donors (Lipinski definition) is 2. The normalized spacial score (nSPS) is 14.1. The number of methoxy groups -OCH3 is 2. The highest BCUT2D eigenvalue weighted by molar-refractivity contribution is 6.11. The van der Waals surface area contributed by atoms with Gasteiger partial charge in [0, 0.05) is 24.9 Å². The molecule has 0 unspecified atom stereocenters. The largest absolute Gasteiger partial charge is 0.497 e. The number of carbonyl (C=O) groups excluding carboxylic acids is 2. The fourth-order valence-corrected chi connectivity index (χ4v) is 4.65. The second kappa shape index (κ2) is 10.6. The molecule has 2 N–H and O–H groups in total. The first-order valence-electron chi connectivity index (χ1n) is 11.8. The van der Waals surface area contributed by atoms with Crippen LogP contribution in [0.4, 0.5) is 11.4 Å². The summed E-state index contributed by atoms with van der Waals surface area (Å²) in [5.74, 6) is 0.0151. The van der Waals surface area contributed by atoms with Crippen molar-refractivity contribution in [3.05, 3.63) is 47.8 Å². The summed E-state index contributed by atoms with van der Waals surface area (Å²) in [5.41, 5.74) is 3.34. The number of aryl methyl sites for hydroxylation is 2. The van der Waals surface area contributed by atoms with Gasteiger partial charge in [0.2, 0.25) is 5.91 Å². The molecule has 1 aliphatic carbocycles. The molecule has 1 amide bonds. The Hall–Kier alpha value is -3.55. The number of nitrogens with zero attached hydrogens (tertiary/aromatic N) is 2. The van der Waals surface area contributed by atoms with Crippen molar-refractivity contribution in [2.45, 2.75) is 58.0 Å². The van der Waals surface area contributed by atoms with E-state index >= 15 is 0 Å². The second-order valence-corrected chi connectivity index (χ2v) is 8.72. The first kappa shape index (κ1) is 23.6. The monoisotopic (exact) mass is 464 g/mol. The molecule has 0 radical (unpaired) electrons. The summed E-state index contributed by atoms with van der Waals surface area (Å²) in [5, 5.41) is 7.15. The molecule has 8 nitrogen and oxygen atoms in total. The first-order chi connectivity index (χ1) is 16.5. The van der Waals surface area contributed by atoms with Crippen molar-refractivity contribution in [1.29, 1.82) is 0 Å². The van der Waals surface area contributed by atoms with Gasteiger partial charge in [-0.2, -0.15) is 0 Å². The highest BCUT2D eigenvalue weighted by Gasteiger charge is 2.26. The molecular formula is C26H32N4O4. The Morgan fingerprint density at radius 3 is 2.50 bits per heavy atom. The molecule has 1 aliphatic rings. The van der Waals surface area contributed by atoms with Crippen molar-refractivity contribution in [3.63, 3.8) is 0 Å². The minimum absolute atomic E-state index is 0.259. The third-order valence-corrected chi connectivity index (χ3v) is 6.34. The maximum absolute atomic E-state index is 12.8. The Labute approximate surface area is 199 Å². The SMILES string of the molecule is COC(=O)c1c(NC(C)=O)c2cc(NC3CCCCC3)cnc2n1CCc1ccc(OC)cc1. The van der Waals surface area contributed by atoms with Gasteiger partial charge in [-0.25, -0.2) is 9.78 Å². The van der Waals surface area contributed by atoms with E-state index in [9.17, 15) is 9.59 Å². The third kappa shape index (κ3) is 5.16. The first-order valence-corrected chi connectivity index (χ1v) is 11.8. The van der Waals surface area contributed by atoms with Crippen LogP contribution < -0.4 is 15.4 Å². The van der Waals surface area contributed by atoms with Gasteiger partial charge in [-0.3, -0.25) is 4.79 Å². The standard InChI is InChI=1S/C26H32N4O4/c1-17(31)28-23-22-15-20(29-19-7-5-4-6-8-19)16-27-25(22)30(24(23)26(32)34-3)14-13-18-9-11-21(33-2)12-10-18/h9-12,15-16,19,29H,4-8,13-14H2,1-3H3,(H,28,31). The highest BCUT2D eigenvalue weighted by Crippen LogP contribution is 2.33. The highest BCUT2D eigenvalue weighted by atomic mass is 16.5. The maximum Gasteiger partial charge on any atom is 0.356 e. The summed E-state index contributed by atoms with van der Waals surface area (Å²) in [4.78, 5) is 29.6. The summed E-state index contributed by atoms with van der Waals surface area (Å²) < 4.78 is 12.2. The van der Waals surface area contributed by atoms with E-state index in [4.69, 9.17) is 14.5 Å². The lowest BCUT2D eigenvalue weighted by Gasteiger charge is -2.23. The zero-order valence-corrected chi connectivity index (χ0v) is 20.0. The van der Waals surface area contributed by atoms with Gasteiger partial charge < -0.3 is 24.7 Å². The third-order valence-electron chi connectivity index (χ3n) is 6.34. The van der Waals surface area contributed by atoms with Crippen molar-refractivity contribution >= 4 is 34.3 Å². The fourth-order valence-electron chi connectivity index (χ4n) is 4.65. The number of carbonyl (C=O) groups is 2. The number of nitrogens with one attached hydrogen (secondary N) is 2. The van der Waals surface area contributed by atoms with E-state index in [2.05, 4.69) is 10.6 Å².